The summed E-state index contributed by atoms with van der Waals surface area (Å²) in [7, 11) is 0. The molecule has 1 unspecified atom stereocenters. The van der Waals surface area contributed by atoms with Crippen LogP contribution in [0.1, 0.15) is 37.8 Å². The number of rotatable bonds is 6. The maximum atomic E-state index is 10.0. The van der Waals surface area contributed by atoms with Crippen molar-refractivity contribution < 1.29 is 9.84 Å². The lowest BCUT2D eigenvalue weighted by Gasteiger charge is -2.37. The molecule has 1 saturated carbocycles. The first-order valence-electron chi connectivity index (χ1n) is 6.75. The molecule has 1 aromatic carbocycles. The average molecular weight is 259 g/mol. The van der Waals surface area contributed by atoms with E-state index in [4.69, 9.17) is 11.2 Å². The Morgan fingerprint density at radius 2 is 2.11 bits per heavy atom. The van der Waals surface area contributed by atoms with Gasteiger partial charge < -0.3 is 15.2 Å². The van der Waals surface area contributed by atoms with Gasteiger partial charge in [-0.15, -0.1) is 6.42 Å². The third-order valence-corrected chi connectivity index (χ3v) is 3.72. The summed E-state index contributed by atoms with van der Waals surface area (Å²) in [5.74, 6) is 3.22. The lowest BCUT2D eigenvalue weighted by molar-refractivity contribution is -0.0329. The van der Waals surface area contributed by atoms with Crippen LogP contribution in [-0.4, -0.2) is 23.9 Å². The monoisotopic (exact) mass is 259 g/mol. The fourth-order valence-corrected chi connectivity index (χ4v) is 2.20. The Kier molecular flexibility index (Phi) is 4.47. The Balaban J connectivity index is 1.85. The molecule has 1 aliphatic carbocycles. The number of benzene rings is 1. The maximum absolute atomic E-state index is 10.0. The largest absolute Gasteiger partial charge is 0.481 e. The predicted molar refractivity (Wildman–Crippen MR) is 76.0 cm³/mol. The van der Waals surface area contributed by atoms with E-state index in [9.17, 15) is 5.11 Å². The topological polar surface area (TPSA) is 41.5 Å². The summed E-state index contributed by atoms with van der Waals surface area (Å²) in [4.78, 5) is 0. The standard InChI is InChI=1S/C16H21NO2/c1-3-11-19-15-7-5-14(6-8-15)13(2)17-12-16(18)9-4-10-16/h1,5-8,13,17-18H,4,9-12H2,2H3. The van der Waals surface area contributed by atoms with Gasteiger partial charge in [-0.1, -0.05) is 18.1 Å². The quantitative estimate of drug-likeness (QED) is 0.770. The molecule has 2 rings (SSSR count). The normalized spacial score (nSPS) is 18.2. The van der Waals surface area contributed by atoms with Crippen molar-refractivity contribution in [3.63, 3.8) is 0 Å². The van der Waals surface area contributed by atoms with Crippen LogP contribution >= 0.6 is 0 Å². The van der Waals surface area contributed by atoms with Crippen molar-refractivity contribution in [2.75, 3.05) is 13.2 Å². The van der Waals surface area contributed by atoms with Crippen LogP contribution in [0, 0.1) is 12.3 Å². The number of hydrogen-bond donors (Lipinski definition) is 2. The van der Waals surface area contributed by atoms with Crippen LogP contribution < -0.4 is 10.1 Å². The van der Waals surface area contributed by atoms with Gasteiger partial charge in [-0.05, 0) is 43.9 Å². The second kappa shape index (κ2) is 6.10. The molecule has 0 spiro atoms. The SMILES string of the molecule is C#CCOc1ccc(C(C)NCC2(O)CCC2)cc1. The molecule has 0 bridgehead atoms. The van der Waals surface area contributed by atoms with E-state index < -0.39 is 5.60 Å². The van der Waals surface area contributed by atoms with Crippen molar-refractivity contribution in [2.45, 2.75) is 37.8 Å². The molecule has 1 aliphatic rings. The van der Waals surface area contributed by atoms with E-state index in [1.54, 1.807) is 0 Å². The molecule has 1 aromatic rings. The second-order valence-electron chi connectivity index (χ2n) is 5.24. The minimum atomic E-state index is -0.482. The summed E-state index contributed by atoms with van der Waals surface area (Å²) in [6.07, 6.45) is 8.09. The van der Waals surface area contributed by atoms with Gasteiger partial charge in [-0.2, -0.15) is 0 Å². The van der Waals surface area contributed by atoms with E-state index in [1.807, 2.05) is 24.3 Å². The summed E-state index contributed by atoms with van der Waals surface area (Å²) in [5.41, 5.74) is 0.695. The summed E-state index contributed by atoms with van der Waals surface area (Å²) >= 11 is 0. The van der Waals surface area contributed by atoms with E-state index in [0.29, 0.717) is 13.2 Å². The van der Waals surface area contributed by atoms with Gasteiger partial charge in [0, 0.05) is 12.6 Å². The molecule has 0 aliphatic heterocycles. The predicted octanol–water partition coefficient (Wildman–Crippen LogP) is 2.26. The van der Waals surface area contributed by atoms with Crippen molar-refractivity contribution in [1.29, 1.82) is 0 Å². The molecule has 0 heterocycles. The number of ether oxygens (including phenoxy) is 1. The number of terminal acetylenes is 1. The zero-order valence-electron chi connectivity index (χ0n) is 11.4. The van der Waals surface area contributed by atoms with E-state index in [2.05, 4.69) is 18.2 Å². The highest BCUT2D eigenvalue weighted by Gasteiger charge is 2.34. The fourth-order valence-electron chi connectivity index (χ4n) is 2.20. The van der Waals surface area contributed by atoms with Gasteiger partial charge in [0.15, 0.2) is 0 Å². The first kappa shape index (κ1) is 13.9. The van der Waals surface area contributed by atoms with Gasteiger partial charge in [0.25, 0.3) is 0 Å². The average Bonchev–Trinajstić information content (AvgIpc) is 2.41. The zero-order valence-corrected chi connectivity index (χ0v) is 11.4. The zero-order chi connectivity index (χ0) is 13.7. The molecule has 19 heavy (non-hydrogen) atoms. The van der Waals surface area contributed by atoms with Crippen LogP contribution in [0.4, 0.5) is 0 Å². The van der Waals surface area contributed by atoms with E-state index in [0.717, 1.165) is 25.0 Å². The molecular formula is C16H21NO2. The van der Waals surface area contributed by atoms with Gasteiger partial charge in [0.05, 0.1) is 5.60 Å². The molecule has 1 atom stereocenters. The van der Waals surface area contributed by atoms with Gasteiger partial charge in [-0.3, -0.25) is 0 Å². The van der Waals surface area contributed by atoms with Gasteiger partial charge in [-0.25, -0.2) is 0 Å². The van der Waals surface area contributed by atoms with Crippen LogP contribution in [-0.2, 0) is 0 Å². The van der Waals surface area contributed by atoms with E-state index >= 15 is 0 Å². The molecule has 2 N–H and O–H groups in total. The Hall–Kier alpha value is -1.50. The van der Waals surface area contributed by atoms with E-state index in [1.165, 1.54) is 5.56 Å². The first-order valence-corrected chi connectivity index (χ1v) is 6.75. The minimum Gasteiger partial charge on any atom is -0.481 e. The minimum absolute atomic E-state index is 0.214. The first-order chi connectivity index (χ1) is 9.13. The van der Waals surface area contributed by atoms with Crippen LogP contribution in [0.15, 0.2) is 24.3 Å². The smallest absolute Gasteiger partial charge is 0.148 e. The summed E-state index contributed by atoms with van der Waals surface area (Å²) in [6, 6.07) is 8.10. The van der Waals surface area contributed by atoms with Crippen molar-refractivity contribution in [3.05, 3.63) is 29.8 Å². The molecule has 3 heteroatoms. The summed E-state index contributed by atoms with van der Waals surface area (Å²) in [5, 5.41) is 13.4. The molecule has 0 amide bonds. The molecule has 3 nitrogen and oxygen atoms in total. The molecule has 0 aromatic heterocycles. The Morgan fingerprint density at radius 1 is 1.42 bits per heavy atom. The molecule has 1 fully saturated rings. The molecular weight excluding hydrogens is 238 g/mol. The number of nitrogens with one attached hydrogen (secondary N) is 1. The van der Waals surface area contributed by atoms with Gasteiger partial charge in [0.1, 0.15) is 12.4 Å². The van der Waals surface area contributed by atoms with Crippen LogP contribution in [0.3, 0.4) is 0 Å². The Bertz CT molecular complexity index is 443. The Labute approximate surface area is 115 Å². The summed E-state index contributed by atoms with van der Waals surface area (Å²) < 4.78 is 5.33. The van der Waals surface area contributed by atoms with Gasteiger partial charge in [0.2, 0.25) is 0 Å². The Morgan fingerprint density at radius 3 is 2.63 bits per heavy atom. The van der Waals surface area contributed by atoms with E-state index in [-0.39, 0.29) is 6.04 Å². The highest BCUT2D eigenvalue weighted by Crippen LogP contribution is 2.31. The van der Waals surface area contributed by atoms with Crippen LogP contribution in [0.25, 0.3) is 0 Å². The van der Waals surface area contributed by atoms with Crippen molar-refractivity contribution >= 4 is 0 Å². The maximum Gasteiger partial charge on any atom is 0.148 e. The number of hydrogen-bond acceptors (Lipinski definition) is 3. The third-order valence-electron chi connectivity index (χ3n) is 3.72. The molecule has 0 saturated heterocycles. The number of aliphatic hydroxyl groups is 1. The molecule has 0 radical (unpaired) electrons. The fraction of sp³-hybridized carbons (Fsp3) is 0.500. The van der Waals surface area contributed by atoms with Crippen molar-refractivity contribution in [1.82, 2.24) is 5.32 Å². The lowest BCUT2D eigenvalue weighted by atomic mass is 9.80. The lowest BCUT2D eigenvalue weighted by Crippen LogP contribution is -2.46. The summed E-state index contributed by atoms with van der Waals surface area (Å²) in [6.45, 7) is 3.04. The molecule has 102 valence electrons. The van der Waals surface area contributed by atoms with Crippen LogP contribution in [0.5, 0.6) is 5.75 Å². The van der Waals surface area contributed by atoms with Gasteiger partial charge >= 0.3 is 0 Å². The van der Waals surface area contributed by atoms with Crippen molar-refractivity contribution in [2.24, 2.45) is 0 Å². The van der Waals surface area contributed by atoms with Crippen molar-refractivity contribution in [3.8, 4) is 18.1 Å². The third kappa shape index (κ3) is 3.73. The second-order valence-corrected chi connectivity index (χ2v) is 5.24. The van der Waals surface area contributed by atoms with Crippen LogP contribution in [0.2, 0.25) is 0 Å². The highest BCUT2D eigenvalue weighted by atomic mass is 16.5. The highest BCUT2D eigenvalue weighted by molar-refractivity contribution is 5.29.